The fourth-order valence-corrected chi connectivity index (χ4v) is 3.33. The van der Waals surface area contributed by atoms with Crippen LogP contribution in [0.15, 0.2) is 46.0 Å². The van der Waals surface area contributed by atoms with Gasteiger partial charge in [0.05, 0.1) is 16.6 Å². The maximum atomic E-state index is 13.3. The summed E-state index contributed by atoms with van der Waals surface area (Å²) in [6.07, 6.45) is 0.780. The van der Waals surface area contributed by atoms with Crippen molar-refractivity contribution in [2.24, 2.45) is 0 Å². The van der Waals surface area contributed by atoms with E-state index in [1.807, 2.05) is 33.8 Å². The Kier molecular flexibility index (Phi) is 5.94. The number of benzene rings is 2. The molecular weight excluding hydrogens is 390 g/mol. The van der Waals surface area contributed by atoms with Gasteiger partial charge in [-0.25, -0.2) is 9.36 Å². The molecule has 0 saturated heterocycles. The van der Waals surface area contributed by atoms with Crippen LogP contribution in [0.3, 0.4) is 0 Å². The van der Waals surface area contributed by atoms with Crippen molar-refractivity contribution in [3.05, 3.63) is 73.4 Å². The van der Waals surface area contributed by atoms with E-state index in [-0.39, 0.29) is 18.5 Å². The van der Waals surface area contributed by atoms with Crippen LogP contribution in [0.1, 0.15) is 31.4 Å². The lowest BCUT2D eigenvalue weighted by Gasteiger charge is -2.16. The first-order valence-electron chi connectivity index (χ1n) is 9.55. The molecule has 29 heavy (non-hydrogen) atoms. The molecular formula is C22H24ClN3O3. The van der Waals surface area contributed by atoms with Gasteiger partial charge in [0, 0.05) is 11.1 Å². The van der Waals surface area contributed by atoms with Crippen molar-refractivity contribution < 1.29 is 4.79 Å². The van der Waals surface area contributed by atoms with Gasteiger partial charge in [-0.3, -0.25) is 14.2 Å². The molecule has 152 valence electrons. The molecule has 3 aromatic rings. The minimum atomic E-state index is -0.578. The first-order chi connectivity index (χ1) is 13.7. The zero-order valence-electron chi connectivity index (χ0n) is 17.0. The third kappa shape index (κ3) is 4.12. The van der Waals surface area contributed by atoms with Gasteiger partial charge in [0.25, 0.3) is 5.56 Å². The highest BCUT2D eigenvalue weighted by Gasteiger charge is 2.18. The number of carbonyl (C=O) groups is 1. The number of aromatic nitrogens is 2. The number of rotatable bonds is 5. The summed E-state index contributed by atoms with van der Waals surface area (Å²) in [6, 6.07) is 10.3. The van der Waals surface area contributed by atoms with Crippen molar-refractivity contribution in [3.8, 4) is 5.69 Å². The van der Waals surface area contributed by atoms with E-state index in [2.05, 4.69) is 5.32 Å². The highest BCUT2D eigenvalue weighted by molar-refractivity contribution is 6.31. The molecule has 7 heteroatoms. The SMILES string of the molecule is CCC(C)NC(=O)Cn1c(=O)n(-c2ccc(C)c(Cl)c2)c(=O)c2cc(C)ccc21. The van der Waals surface area contributed by atoms with E-state index in [1.54, 1.807) is 30.3 Å². The second-order valence-corrected chi connectivity index (χ2v) is 7.75. The molecule has 6 nitrogen and oxygen atoms in total. The van der Waals surface area contributed by atoms with Gasteiger partial charge in [0.2, 0.25) is 5.91 Å². The van der Waals surface area contributed by atoms with E-state index in [9.17, 15) is 14.4 Å². The van der Waals surface area contributed by atoms with Crippen molar-refractivity contribution in [1.29, 1.82) is 0 Å². The van der Waals surface area contributed by atoms with Crippen molar-refractivity contribution in [2.45, 2.75) is 46.7 Å². The van der Waals surface area contributed by atoms with Gasteiger partial charge in [-0.1, -0.05) is 36.2 Å². The summed E-state index contributed by atoms with van der Waals surface area (Å²) in [4.78, 5) is 38.9. The second kappa shape index (κ2) is 8.25. The van der Waals surface area contributed by atoms with E-state index >= 15 is 0 Å². The lowest BCUT2D eigenvalue weighted by molar-refractivity contribution is -0.122. The number of halogens is 1. The molecule has 1 atom stereocenters. The highest BCUT2D eigenvalue weighted by Crippen LogP contribution is 2.19. The average Bonchev–Trinajstić information content (AvgIpc) is 2.68. The summed E-state index contributed by atoms with van der Waals surface area (Å²) in [5.41, 5.74) is 1.51. The Bertz CT molecular complexity index is 1210. The van der Waals surface area contributed by atoms with Crippen molar-refractivity contribution in [3.63, 3.8) is 0 Å². The highest BCUT2D eigenvalue weighted by atomic mass is 35.5. The van der Waals surface area contributed by atoms with E-state index in [0.717, 1.165) is 22.1 Å². The molecule has 0 spiro atoms. The van der Waals surface area contributed by atoms with Crippen molar-refractivity contribution in [1.82, 2.24) is 14.5 Å². The fourth-order valence-electron chi connectivity index (χ4n) is 3.16. The van der Waals surface area contributed by atoms with Gasteiger partial charge in [0.1, 0.15) is 6.54 Å². The molecule has 1 N–H and O–H groups in total. The third-order valence-corrected chi connectivity index (χ3v) is 5.44. The van der Waals surface area contributed by atoms with Crippen LogP contribution >= 0.6 is 11.6 Å². The molecule has 1 amide bonds. The van der Waals surface area contributed by atoms with Crippen LogP contribution in [0.2, 0.25) is 5.02 Å². The van der Waals surface area contributed by atoms with Gasteiger partial charge >= 0.3 is 5.69 Å². The van der Waals surface area contributed by atoms with E-state index < -0.39 is 11.2 Å². The van der Waals surface area contributed by atoms with Crippen LogP contribution < -0.4 is 16.6 Å². The summed E-state index contributed by atoms with van der Waals surface area (Å²) < 4.78 is 2.41. The van der Waals surface area contributed by atoms with Gasteiger partial charge < -0.3 is 5.32 Å². The quantitative estimate of drug-likeness (QED) is 0.697. The van der Waals surface area contributed by atoms with Crippen LogP contribution in [-0.4, -0.2) is 21.1 Å². The maximum Gasteiger partial charge on any atom is 0.336 e. The number of aryl methyl sites for hydroxylation is 2. The van der Waals surface area contributed by atoms with Crippen LogP contribution in [0.5, 0.6) is 0 Å². The minimum absolute atomic E-state index is 0.00600. The number of carbonyl (C=O) groups excluding carboxylic acids is 1. The zero-order chi connectivity index (χ0) is 21.3. The Labute approximate surface area is 173 Å². The summed E-state index contributed by atoms with van der Waals surface area (Å²) in [6.45, 7) is 7.41. The average molecular weight is 414 g/mol. The number of hydrogen-bond donors (Lipinski definition) is 1. The Hall–Kier alpha value is -2.86. The standard InChI is InChI=1S/C22H24ClN3O3/c1-5-15(4)24-20(27)12-25-19-9-6-13(2)10-17(19)21(28)26(22(25)29)16-8-7-14(3)18(23)11-16/h6-11,15H,5,12H2,1-4H3,(H,24,27). The predicted octanol–water partition coefficient (Wildman–Crippen LogP) is 3.34. The van der Waals surface area contributed by atoms with Crippen LogP contribution in [0.25, 0.3) is 16.6 Å². The first-order valence-corrected chi connectivity index (χ1v) is 9.92. The summed E-state index contributed by atoms with van der Waals surface area (Å²) in [5.74, 6) is -0.282. The van der Waals surface area contributed by atoms with Crippen molar-refractivity contribution >= 4 is 28.4 Å². The van der Waals surface area contributed by atoms with Crippen LogP contribution in [0, 0.1) is 13.8 Å². The molecule has 3 rings (SSSR count). The summed E-state index contributed by atoms with van der Waals surface area (Å²) in [7, 11) is 0. The topological polar surface area (TPSA) is 73.1 Å². The third-order valence-electron chi connectivity index (χ3n) is 5.03. The number of hydrogen-bond acceptors (Lipinski definition) is 3. The van der Waals surface area contributed by atoms with Gasteiger partial charge in [-0.2, -0.15) is 0 Å². The molecule has 0 radical (unpaired) electrons. The molecule has 0 aliphatic carbocycles. The fraction of sp³-hybridized carbons (Fsp3) is 0.318. The Morgan fingerprint density at radius 3 is 2.52 bits per heavy atom. The Balaban J connectivity index is 2.27. The predicted molar refractivity (Wildman–Crippen MR) is 116 cm³/mol. The number of nitrogens with one attached hydrogen (secondary N) is 1. The van der Waals surface area contributed by atoms with E-state index in [0.29, 0.717) is 21.6 Å². The molecule has 1 unspecified atom stereocenters. The van der Waals surface area contributed by atoms with Crippen LogP contribution in [-0.2, 0) is 11.3 Å². The number of nitrogens with zero attached hydrogens (tertiary/aromatic N) is 2. The minimum Gasteiger partial charge on any atom is -0.352 e. The molecule has 1 aromatic heterocycles. The first kappa shape index (κ1) is 20.9. The van der Waals surface area contributed by atoms with Gasteiger partial charge in [-0.15, -0.1) is 0 Å². The van der Waals surface area contributed by atoms with E-state index in [4.69, 9.17) is 11.6 Å². The number of amides is 1. The lowest BCUT2D eigenvalue weighted by Crippen LogP contribution is -2.43. The Morgan fingerprint density at radius 2 is 1.86 bits per heavy atom. The molecule has 0 saturated carbocycles. The number of fused-ring (bicyclic) bond motifs is 1. The second-order valence-electron chi connectivity index (χ2n) is 7.34. The van der Waals surface area contributed by atoms with E-state index in [1.165, 1.54) is 4.57 Å². The normalized spacial score (nSPS) is 12.2. The molecule has 1 heterocycles. The summed E-state index contributed by atoms with van der Waals surface area (Å²) >= 11 is 6.22. The molecule has 0 aliphatic heterocycles. The molecule has 0 fully saturated rings. The molecule has 0 bridgehead atoms. The smallest absolute Gasteiger partial charge is 0.336 e. The van der Waals surface area contributed by atoms with Crippen LogP contribution in [0.4, 0.5) is 0 Å². The monoisotopic (exact) mass is 413 g/mol. The summed E-state index contributed by atoms with van der Waals surface area (Å²) in [5, 5.41) is 3.70. The van der Waals surface area contributed by atoms with Crippen molar-refractivity contribution in [2.75, 3.05) is 0 Å². The zero-order valence-corrected chi connectivity index (χ0v) is 17.7. The lowest BCUT2D eigenvalue weighted by atomic mass is 10.1. The largest absolute Gasteiger partial charge is 0.352 e. The Morgan fingerprint density at radius 1 is 1.14 bits per heavy atom. The molecule has 0 aliphatic rings. The maximum absolute atomic E-state index is 13.3. The van der Waals surface area contributed by atoms with Gasteiger partial charge in [-0.05, 0) is 57.0 Å². The van der Waals surface area contributed by atoms with Gasteiger partial charge in [0.15, 0.2) is 0 Å². The molecule has 2 aromatic carbocycles.